The third-order valence-corrected chi connectivity index (χ3v) is 9.33. The predicted molar refractivity (Wildman–Crippen MR) is 90.8 cm³/mol. The van der Waals surface area contributed by atoms with Gasteiger partial charge >= 0.3 is 0 Å². The van der Waals surface area contributed by atoms with Gasteiger partial charge in [0.25, 0.3) is 0 Å². The summed E-state index contributed by atoms with van der Waals surface area (Å²) in [6.45, 7) is 4.75. The molecule has 0 aromatic rings. The summed E-state index contributed by atoms with van der Waals surface area (Å²) < 4.78 is 0. The lowest BCUT2D eigenvalue weighted by atomic mass is 9.45. The highest BCUT2D eigenvalue weighted by Gasteiger charge is 2.61. The zero-order valence-corrected chi connectivity index (χ0v) is 15.4. The van der Waals surface area contributed by atoms with Gasteiger partial charge in [0.15, 0.2) is 0 Å². The maximum atomic E-state index is 12.4. The van der Waals surface area contributed by atoms with Crippen molar-refractivity contribution in [2.75, 3.05) is 0 Å². The predicted octanol–water partition coefficient (Wildman–Crippen LogP) is 4.33. The van der Waals surface area contributed by atoms with Crippen molar-refractivity contribution in [1.82, 2.24) is 0 Å². The molecule has 0 bridgehead atoms. The number of Topliss-reactive ketones (excluding diaryl/α,β-unsaturated/α-hetero) is 1. The van der Waals surface area contributed by atoms with Gasteiger partial charge in [0.2, 0.25) is 0 Å². The first-order chi connectivity index (χ1) is 10.4. The van der Waals surface area contributed by atoms with Crippen LogP contribution >= 0.6 is 15.9 Å². The second-order valence-corrected chi connectivity index (χ2v) is 10.3. The molecule has 22 heavy (non-hydrogen) atoms. The van der Waals surface area contributed by atoms with Crippen molar-refractivity contribution in [2.45, 2.75) is 76.1 Å². The van der Waals surface area contributed by atoms with Crippen LogP contribution in [0.3, 0.4) is 0 Å². The van der Waals surface area contributed by atoms with Gasteiger partial charge in [-0.2, -0.15) is 0 Å². The quantitative estimate of drug-likeness (QED) is 0.646. The SMILES string of the molecule is C[C@]12CC[C@@H](O)C[C@@H]1C(Br)C[C@@H]1[C@@H]2CC[C@]2(C)C(=O)CC[C@@H]12. The first-order valence-electron chi connectivity index (χ1n) is 9.21. The molecule has 4 rings (SSSR count). The van der Waals surface area contributed by atoms with Gasteiger partial charge in [0.05, 0.1) is 6.10 Å². The lowest BCUT2D eigenvalue weighted by Gasteiger charge is -2.61. The minimum atomic E-state index is -0.100. The number of hydrogen-bond acceptors (Lipinski definition) is 2. The maximum Gasteiger partial charge on any atom is 0.139 e. The molecule has 0 aromatic heterocycles. The van der Waals surface area contributed by atoms with E-state index in [2.05, 4.69) is 29.8 Å². The first-order valence-corrected chi connectivity index (χ1v) is 10.1. The van der Waals surface area contributed by atoms with E-state index in [0.29, 0.717) is 33.8 Å². The Bertz CT molecular complexity index is 492. The van der Waals surface area contributed by atoms with Gasteiger partial charge in [0, 0.05) is 16.7 Å². The Morgan fingerprint density at radius 1 is 1.05 bits per heavy atom. The highest BCUT2D eigenvalue weighted by atomic mass is 79.9. The molecule has 0 saturated heterocycles. The number of alkyl halides is 1. The van der Waals surface area contributed by atoms with Gasteiger partial charge in [-0.25, -0.2) is 0 Å². The lowest BCUT2D eigenvalue weighted by Crippen LogP contribution is -2.57. The van der Waals surface area contributed by atoms with Crippen LogP contribution in [0.2, 0.25) is 0 Å². The van der Waals surface area contributed by atoms with Gasteiger partial charge in [-0.15, -0.1) is 0 Å². The molecule has 1 N–H and O–H groups in total. The van der Waals surface area contributed by atoms with Crippen LogP contribution in [-0.2, 0) is 4.79 Å². The summed E-state index contributed by atoms with van der Waals surface area (Å²) in [6, 6.07) is 0. The average molecular weight is 369 g/mol. The first kappa shape index (κ1) is 15.6. The van der Waals surface area contributed by atoms with Crippen molar-refractivity contribution < 1.29 is 9.90 Å². The third kappa shape index (κ3) is 1.97. The zero-order chi connectivity index (χ0) is 15.7. The highest BCUT2D eigenvalue weighted by molar-refractivity contribution is 9.09. The van der Waals surface area contributed by atoms with Gasteiger partial charge in [-0.1, -0.05) is 29.8 Å². The summed E-state index contributed by atoms with van der Waals surface area (Å²) in [5.74, 6) is 3.24. The number of carbonyl (C=O) groups is 1. The number of rotatable bonds is 0. The third-order valence-electron chi connectivity index (χ3n) is 8.32. The van der Waals surface area contributed by atoms with Crippen LogP contribution in [0, 0.1) is 34.5 Å². The molecule has 0 amide bonds. The molecule has 4 saturated carbocycles. The fraction of sp³-hybridized carbons (Fsp3) is 0.947. The van der Waals surface area contributed by atoms with E-state index in [1.807, 2.05) is 0 Å². The second-order valence-electron chi connectivity index (χ2n) is 9.09. The van der Waals surface area contributed by atoms with Crippen LogP contribution < -0.4 is 0 Å². The van der Waals surface area contributed by atoms with E-state index < -0.39 is 0 Å². The van der Waals surface area contributed by atoms with Crippen LogP contribution in [0.4, 0.5) is 0 Å². The smallest absolute Gasteiger partial charge is 0.139 e. The second kappa shape index (κ2) is 5.05. The Labute approximate surface area is 142 Å². The Kier molecular flexibility index (Phi) is 3.59. The van der Waals surface area contributed by atoms with E-state index in [0.717, 1.165) is 38.0 Å². The molecule has 1 unspecified atom stereocenters. The summed E-state index contributed by atoms with van der Waals surface area (Å²) in [5.41, 5.74) is 0.342. The molecule has 4 fully saturated rings. The summed E-state index contributed by atoms with van der Waals surface area (Å²) in [7, 11) is 0. The molecular formula is C19H29BrO2. The van der Waals surface area contributed by atoms with E-state index in [-0.39, 0.29) is 11.5 Å². The number of aliphatic hydroxyl groups is 1. The molecule has 4 aliphatic rings. The molecule has 2 nitrogen and oxygen atoms in total. The molecular weight excluding hydrogens is 340 g/mol. The van der Waals surface area contributed by atoms with Crippen LogP contribution in [0.15, 0.2) is 0 Å². The monoisotopic (exact) mass is 368 g/mol. The maximum absolute atomic E-state index is 12.4. The number of carbonyl (C=O) groups excluding carboxylic acids is 1. The lowest BCUT2D eigenvalue weighted by molar-refractivity contribution is -0.141. The zero-order valence-electron chi connectivity index (χ0n) is 13.9. The fourth-order valence-electron chi connectivity index (χ4n) is 6.99. The summed E-state index contributed by atoms with van der Waals surface area (Å²) in [6.07, 6.45) is 8.49. The van der Waals surface area contributed by atoms with Crippen LogP contribution in [0.1, 0.15) is 65.2 Å². The number of ketones is 1. The molecule has 0 aliphatic heterocycles. The molecule has 0 heterocycles. The van der Waals surface area contributed by atoms with Crippen LogP contribution in [0.25, 0.3) is 0 Å². The minimum Gasteiger partial charge on any atom is -0.393 e. The molecule has 0 spiro atoms. The van der Waals surface area contributed by atoms with E-state index >= 15 is 0 Å². The van der Waals surface area contributed by atoms with E-state index in [4.69, 9.17) is 0 Å². The number of hydrogen-bond donors (Lipinski definition) is 1. The normalized spacial score (nSPS) is 57.9. The standard InChI is InChI=1S/C19H29BrO2/c1-18-7-5-11(21)9-15(18)16(20)10-12-13-3-4-17(22)19(13,2)8-6-14(12)18/h11-16,21H,3-10H2,1-2H3/t11-,12+,13+,14+,15-,16?,18-,19+/m1/s1. The summed E-state index contributed by atoms with van der Waals surface area (Å²) in [5, 5.41) is 10.1. The molecule has 8 atom stereocenters. The fourth-order valence-corrected chi connectivity index (χ4v) is 8.25. The number of aliphatic hydroxyl groups excluding tert-OH is 1. The highest BCUT2D eigenvalue weighted by Crippen LogP contribution is 2.66. The molecule has 124 valence electrons. The Morgan fingerprint density at radius 3 is 2.59 bits per heavy atom. The number of fused-ring (bicyclic) bond motifs is 5. The van der Waals surface area contributed by atoms with E-state index in [1.54, 1.807) is 0 Å². The van der Waals surface area contributed by atoms with Gasteiger partial charge in [-0.3, -0.25) is 4.79 Å². The molecule has 0 aromatic carbocycles. The Morgan fingerprint density at radius 2 is 1.82 bits per heavy atom. The van der Waals surface area contributed by atoms with Gasteiger partial charge in [-0.05, 0) is 74.0 Å². The van der Waals surface area contributed by atoms with E-state index in [1.165, 1.54) is 19.3 Å². The van der Waals surface area contributed by atoms with Crippen LogP contribution in [0.5, 0.6) is 0 Å². The van der Waals surface area contributed by atoms with Crippen molar-refractivity contribution >= 4 is 21.7 Å². The molecule has 0 radical (unpaired) electrons. The molecule has 4 aliphatic carbocycles. The van der Waals surface area contributed by atoms with Crippen molar-refractivity contribution in [3.8, 4) is 0 Å². The van der Waals surface area contributed by atoms with Gasteiger partial charge < -0.3 is 5.11 Å². The minimum absolute atomic E-state index is 0.0226. The van der Waals surface area contributed by atoms with Crippen molar-refractivity contribution in [1.29, 1.82) is 0 Å². The largest absolute Gasteiger partial charge is 0.393 e. The topological polar surface area (TPSA) is 37.3 Å². The van der Waals surface area contributed by atoms with E-state index in [9.17, 15) is 9.90 Å². The van der Waals surface area contributed by atoms with Crippen LogP contribution in [-0.4, -0.2) is 21.8 Å². The molecule has 3 heteroatoms. The number of halogens is 1. The van der Waals surface area contributed by atoms with Crippen molar-refractivity contribution in [3.05, 3.63) is 0 Å². The summed E-state index contributed by atoms with van der Waals surface area (Å²) in [4.78, 5) is 13.0. The van der Waals surface area contributed by atoms with Crippen molar-refractivity contribution in [3.63, 3.8) is 0 Å². The average Bonchev–Trinajstić information content (AvgIpc) is 2.77. The van der Waals surface area contributed by atoms with Crippen molar-refractivity contribution in [2.24, 2.45) is 34.5 Å². The Hall–Kier alpha value is 0.110. The summed E-state index contributed by atoms with van der Waals surface area (Å²) >= 11 is 3.99. The Balaban J connectivity index is 1.68. The van der Waals surface area contributed by atoms with Gasteiger partial charge in [0.1, 0.15) is 5.78 Å².